The van der Waals surface area contributed by atoms with E-state index in [1.54, 1.807) is 0 Å². The van der Waals surface area contributed by atoms with Crippen molar-refractivity contribution < 1.29 is 13.2 Å². The minimum Gasteiger partial charge on any atom is -0.301 e. The molecule has 1 fully saturated rings. The molecule has 1 heterocycles. The zero-order chi connectivity index (χ0) is 13.9. The second-order valence-corrected chi connectivity index (χ2v) is 7.34. The summed E-state index contributed by atoms with van der Waals surface area (Å²) in [6, 6.07) is 7.55. The average Bonchev–Trinajstić information content (AvgIpc) is 2.38. The molecular weight excluding hydrogens is 262 g/mol. The van der Waals surface area contributed by atoms with Crippen LogP contribution in [0.15, 0.2) is 24.3 Å². The topological polar surface area (TPSA) is 54.5 Å². The van der Waals surface area contributed by atoms with Crippen LogP contribution < -0.4 is 0 Å². The molecule has 0 bridgehead atoms. The molecule has 104 valence electrons. The van der Waals surface area contributed by atoms with Crippen molar-refractivity contribution in [3.63, 3.8) is 0 Å². The van der Waals surface area contributed by atoms with Crippen LogP contribution in [-0.2, 0) is 9.84 Å². The second-order valence-electron chi connectivity index (χ2n) is 5.03. The Morgan fingerprint density at radius 3 is 2.32 bits per heavy atom. The first-order valence-electron chi connectivity index (χ1n) is 6.49. The first-order chi connectivity index (χ1) is 8.96. The van der Waals surface area contributed by atoms with Gasteiger partial charge in [-0.15, -0.1) is 0 Å². The van der Waals surface area contributed by atoms with Crippen LogP contribution >= 0.6 is 0 Å². The molecule has 1 aliphatic rings. The average molecular weight is 281 g/mol. The molecule has 0 unspecified atom stereocenters. The van der Waals surface area contributed by atoms with Gasteiger partial charge < -0.3 is 4.90 Å². The van der Waals surface area contributed by atoms with Gasteiger partial charge in [0.05, 0.1) is 11.5 Å². The molecule has 19 heavy (non-hydrogen) atoms. The monoisotopic (exact) mass is 281 g/mol. The number of hydrogen-bond donors (Lipinski definition) is 0. The molecule has 0 radical (unpaired) electrons. The van der Waals surface area contributed by atoms with Gasteiger partial charge in [-0.05, 0) is 6.92 Å². The van der Waals surface area contributed by atoms with Gasteiger partial charge in [0, 0.05) is 31.6 Å². The number of hydrogen-bond acceptors (Lipinski definition) is 4. The summed E-state index contributed by atoms with van der Waals surface area (Å²) >= 11 is 0. The number of carbonyl (C=O) groups is 1. The summed E-state index contributed by atoms with van der Waals surface area (Å²) in [4.78, 5) is 14.0. The Morgan fingerprint density at radius 1 is 1.16 bits per heavy atom. The number of rotatable bonds is 4. The fourth-order valence-corrected chi connectivity index (χ4v) is 3.39. The van der Waals surface area contributed by atoms with Crippen LogP contribution in [0.2, 0.25) is 0 Å². The van der Waals surface area contributed by atoms with Crippen LogP contribution in [0.25, 0.3) is 0 Å². The zero-order valence-corrected chi connectivity index (χ0v) is 11.9. The second kappa shape index (κ2) is 5.84. The molecule has 0 aromatic heterocycles. The van der Waals surface area contributed by atoms with Crippen molar-refractivity contribution in [3.8, 4) is 0 Å². The van der Waals surface area contributed by atoms with Gasteiger partial charge in [-0.3, -0.25) is 4.79 Å². The van der Waals surface area contributed by atoms with Crippen molar-refractivity contribution in [1.29, 1.82) is 0 Å². The predicted octanol–water partition coefficient (Wildman–Crippen LogP) is 1.30. The smallest absolute Gasteiger partial charge is 0.164 e. The molecule has 1 saturated heterocycles. The van der Waals surface area contributed by atoms with Gasteiger partial charge in [0.15, 0.2) is 15.6 Å². The van der Waals surface area contributed by atoms with E-state index in [-0.39, 0.29) is 17.3 Å². The Kier molecular flexibility index (Phi) is 4.37. The van der Waals surface area contributed by atoms with Crippen molar-refractivity contribution in [2.24, 2.45) is 0 Å². The van der Waals surface area contributed by atoms with Gasteiger partial charge in [-0.1, -0.05) is 29.8 Å². The predicted molar refractivity (Wildman–Crippen MR) is 75.2 cm³/mol. The summed E-state index contributed by atoms with van der Waals surface area (Å²) in [6.07, 6.45) is 0.448. The molecular formula is C14H19NO3S. The standard InChI is InChI=1S/C14H19NO3S/c1-12-2-4-13(5-3-12)14(16)6-7-15-8-10-19(17,18)11-9-15/h2-5H,6-11H2,1H3. The third kappa shape index (κ3) is 4.14. The van der Waals surface area contributed by atoms with Crippen molar-refractivity contribution in [2.45, 2.75) is 13.3 Å². The Morgan fingerprint density at radius 2 is 1.74 bits per heavy atom. The fraction of sp³-hybridized carbons (Fsp3) is 0.500. The quantitative estimate of drug-likeness (QED) is 0.781. The van der Waals surface area contributed by atoms with E-state index in [2.05, 4.69) is 0 Å². The summed E-state index contributed by atoms with van der Waals surface area (Å²) in [7, 11) is -2.84. The molecule has 1 aromatic rings. The maximum atomic E-state index is 12.0. The molecule has 0 amide bonds. The highest BCUT2D eigenvalue weighted by Gasteiger charge is 2.21. The van der Waals surface area contributed by atoms with Crippen LogP contribution in [0, 0.1) is 6.92 Å². The van der Waals surface area contributed by atoms with E-state index < -0.39 is 9.84 Å². The lowest BCUT2D eigenvalue weighted by atomic mass is 10.1. The van der Waals surface area contributed by atoms with Gasteiger partial charge in [0.1, 0.15) is 0 Å². The number of benzene rings is 1. The minimum absolute atomic E-state index is 0.119. The van der Waals surface area contributed by atoms with Crippen molar-refractivity contribution in [2.75, 3.05) is 31.1 Å². The van der Waals surface area contributed by atoms with Crippen molar-refractivity contribution in [1.82, 2.24) is 4.90 Å². The summed E-state index contributed by atoms with van der Waals surface area (Å²) in [5.41, 5.74) is 1.87. The molecule has 5 heteroatoms. The van der Waals surface area contributed by atoms with E-state index in [1.807, 2.05) is 36.1 Å². The highest BCUT2D eigenvalue weighted by atomic mass is 32.2. The molecule has 2 rings (SSSR count). The van der Waals surface area contributed by atoms with Gasteiger partial charge in [0.25, 0.3) is 0 Å². The van der Waals surface area contributed by atoms with Gasteiger partial charge in [-0.25, -0.2) is 8.42 Å². The van der Waals surface area contributed by atoms with Crippen LogP contribution in [0.1, 0.15) is 22.3 Å². The summed E-state index contributed by atoms with van der Waals surface area (Å²) in [5.74, 6) is 0.547. The van der Waals surface area contributed by atoms with E-state index >= 15 is 0 Å². The van der Waals surface area contributed by atoms with Crippen LogP contribution in [0.3, 0.4) is 0 Å². The van der Waals surface area contributed by atoms with E-state index in [0.29, 0.717) is 26.1 Å². The van der Waals surface area contributed by atoms with E-state index in [9.17, 15) is 13.2 Å². The maximum Gasteiger partial charge on any atom is 0.164 e. The Hall–Kier alpha value is -1.20. The Balaban J connectivity index is 1.83. The van der Waals surface area contributed by atoms with Crippen molar-refractivity contribution in [3.05, 3.63) is 35.4 Å². The van der Waals surface area contributed by atoms with Gasteiger partial charge in [-0.2, -0.15) is 0 Å². The normalized spacial score (nSPS) is 19.2. The summed E-state index contributed by atoms with van der Waals surface area (Å²) in [6.45, 7) is 3.72. The third-order valence-electron chi connectivity index (χ3n) is 3.47. The van der Waals surface area contributed by atoms with E-state index in [4.69, 9.17) is 0 Å². The van der Waals surface area contributed by atoms with Crippen molar-refractivity contribution >= 4 is 15.6 Å². The lowest BCUT2D eigenvalue weighted by molar-refractivity contribution is 0.0966. The summed E-state index contributed by atoms with van der Waals surface area (Å²) in [5, 5.41) is 0. The van der Waals surface area contributed by atoms with Crippen LogP contribution in [0.4, 0.5) is 0 Å². The lowest BCUT2D eigenvalue weighted by Crippen LogP contribution is -2.41. The van der Waals surface area contributed by atoms with Gasteiger partial charge in [0.2, 0.25) is 0 Å². The lowest BCUT2D eigenvalue weighted by Gasteiger charge is -2.26. The molecule has 0 atom stereocenters. The fourth-order valence-electron chi connectivity index (χ4n) is 2.12. The highest BCUT2D eigenvalue weighted by molar-refractivity contribution is 7.91. The molecule has 0 spiro atoms. The summed E-state index contributed by atoms with van der Waals surface area (Å²) < 4.78 is 22.6. The Bertz CT molecular complexity index is 535. The highest BCUT2D eigenvalue weighted by Crippen LogP contribution is 2.09. The number of ketones is 1. The largest absolute Gasteiger partial charge is 0.301 e. The molecule has 4 nitrogen and oxygen atoms in total. The number of aryl methyl sites for hydroxylation is 1. The Labute approximate surface area is 114 Å². The van der Waals surface area contributed by atoms with Gasteiger partial charge >= 0.3 is 0 Å². The molecule has 1 aromatic carbocycles. The number of nitrogens with zero attached hydrogens (tertiary/aromatic N) is 1. The SMILES string of the molecule is Cc1ccc(C(=O)CCN2CCS(=O)(=O)CC2)cc1. The molecule has 1 aliphatic heterocycles. The number of sulfone groups is 1. The minimum atomic E-state index is -2.84. The first-order valence-corrected chi connectivity index (χ1v) is 8.31. The maximum absolute atomic E-state index is 12.0. The van der Waals surface area contributed by atoms with E-state index in [0.717, 1.165) is 11.1 Å². The molecule has 0 aliphatic carbocycles. The molecule has 0 saturated carbocycles. The van der Waals surface area contributed by atoms with E-state index in [1.165, 1.54) is 0 Å². The molecule has 0 N–H and O–H groups in total. The third-order valence-corrected chi connectivity index (χ3v) is 5.07. The zero-order valence-electron chi connectivity index (χ0n) is 11.1. The first kappa shape index (κ1) is 14.2. The number of carbonyl (C=O) groups excluding carboxylic acids is 1. The van der Waals surface area contributed by atoms with Crippen LogP contribution in [-0.4, -0.2) is 50.2 Å². The number of Topliss-reactive ketones (excluding diaryl/α,β-unsaturated/α-hetero) is 1. The van der Waals surface area contributed by atoms with Crippen LogP contribution in [0.5, 0.6) is 0 Å².